The quantitative estimate of drug-likeness (QED) is 0.338. The number of carbonyl (C=O) groups excluding carboxylic acids is 2. The van der Waals surface area contributed by atoms with Crippen molar-refractivity contribution in [3.8, 4) is 5.69 Å². The first kappa shape index (κ1) is 24.5. The van der Waals surface area contributed by atoms with Crippen molar-refractivity contribution >= 4 is 28.5 Å². The fourth-order valence-electron chi connectivity index (χ4n) is 5.22. The van der Waals surface area contributed by atoms with Gasteiger partial charge in [-0.05, 0) is 81.3 Å². The van der Waals surface area contributed by atoms with Crippen molar-refractivity contribution in [3.05, 3.63) is 102 Å². The number of benzene rings is 2. The summed E-state index contributed by atoms with van der Waals surface area (Å²) in [7, 11) is 0. The lowest BCUT2D eigenvalue weighted by atomic mass is 9.89. The molecule has 0 unspecified atom stereocenters. The second-order valence-corrected chi connectivity index (χ2v) is 9.98. The van der Waals surface area contributed by atoms with E-state index in [4.69, 9.17) is 4.98 Å². The summed E-state index contributed by atoms with van der Waals surface area (Å²) in [6, 6.07) is 16.9. The average molecular weight is 520 g/mol. The maximum Gasteiger partial charge on any atom is 0.257 e. The molecule has 2 N–H and O–H groups in total. The molecule has 9 heteroatoms. The van der Waals surface area contributed by atoms with Gasteiger partial charge in [0.05, 0.1) is 28.6 Å². The van der Waals surface area contributed by atoms with E-state index in [1.165, 1.54) is 0 Å². The summed E-state index contributed by atoms with van der Waals surface area (Å²) in [4.78, 5) is 44.9. The average Bonchev–Trinajstić information content (AvgIpc) is 3.62. The molecule has 0 spiro atoms. The molecule has 1 fully saturated rings. The van der Waals surface area contributed by atoms with Gasteiger partial charge < -0.3 is 19.8 Å². The first-order valence-electron chi connectivity index (χ1n) is 13.1. The van der Waals surface area contributed by atoms with Crippen LogP contribution >= 0.6 is 0 Å². The van der Waals surface area contributed by atoms with E-state index < -0.39 is 0 Å². The highest BCUT2D eigenvalue weighted by molar-refractivity contribution is 6.05. The van der Waals surface area contributed by atoms with Gasteiger partial charge in [-0.1, -0.05) is 0 Å². The number of aromatic nitrogens is 5. The number of amides is 2. The lowest BCUT2D eigenvalue weighted by molar-refractivity contribution is 0.0711. The fourth-order valence-corrected chi connectivity index (χ4v) is 5.22. The van der Waals surface area contributed by atoms with E-state index in [1.54, 1.807) is 12.5 Å². The van der Waals surface area contributed by atoms with Crippen LogP contribution in [0.2, 0.25) is 0 Å². The molecule has 0 saturated carbocycles. The lowest BCUT2D eigenvalue weighted by Gasteiger charge is -2.32. The molecule has 3 aromatic heterocycles. The van der Waals surface area contributed by atoms with Crippen LogP contribution in [-0.2, 0) is 0 Å². The van der Waals surface area contributed by atoms with Gasteiger partial charge in [0.1, 0.15) is 5.82 Å². The highest BCUT2D eigenvalue weighted by atomic mass is 16.2. The predicted octanol–water partition coefficient (Wildman–Crippen LogP) is 5.03. The van der Waals surface area contributed by atoms with Crippen LogP contribution in [0.3, 0.4) is 0 Å². The number of H-pyrrole nitrogens is 1. The van der Waals surface area contributed by atoms with Gasteiger partial charge in [0.25, 0.3) is 11.8 Å². The number of pyridine rings is 1. The van der Waals surface area contributed by atoms with E-state index in [0.717, 1.165) is 46.8 Å². The van der Waals surface area contributed by atoms with Crippen LogP contribution in [0.15, 0.2) is 73.3 Å². The summed E-state index contributed by atoms with van der Waals surface area (Å²) >= 11 is 0. The molecule has 5 aromatic rings. The third-order valence-corrected chi connectivity index (χ3v) is 7.25. The standard InChI is InChI=1S/C30H29N7O2/c1-19-3-9-25(29(38)35-23-5-7-24(8-6-23)37-16-13-31-18-37)28(32-19)21-11-14-36(15-12-21)30(39)22-4-10-26-27(17-22)34-20(2)33-26/h3-10,13,16-18,21H,11-12,14-15H2,1-2H3,(H,33,34)(H,35,38). The zero-order valence-corrected chi connectivity index (χ0v) is 21.9. The first-order chi connectivity index (χ1) is 18.9. The molecule has 1 aliphatic heterocycles. The number of aryl methyl sites for hydroxylation is 2. The van der Waals surface area contributed by atoms with Crippen molar-refractivity contribution in [2.45, 2.75) is 32.6 Å². The number of likely N-dealkylation sites (tertiary alicyclic amines) is 1. The number of aromatic amines is 1. The van der Waals surface area contributed by atoms with E-state index in [0.29, 0.717) is 29.9 Å². The van der Waals surface area contributed by atoms with Gasteiger partial charge in [0.2, 0.25) is 0 Å². The van der Waals surface area contributed by atoms with Crippen molar-refractivity contribution in [1.29, 1.82) is 0 Å². The van der Waals surface area contributed by atoms with E-state index in [-0.39, 0.29) is 17.7 Å². The Balaban J connectivity index is 1.14. The van der Waals surface area contributed by atoms with Gasteiger partial charge in [-0.2, -0.15) is 0 Å². The lowest BCUT2D eigenvalue weighted by Crippen LogP contribution is -2.38. The minimum absolute atomic E-state index is 0.0110. The van der Waals surface area contributed by atoms with Crippen LogP contribution in [0, 0.1) is 13.8 Å². The number of carbonyl (C=O) groups is 2. The molecule has 1 saturated heterocycles. The van der Waals surface area contributed by atoms with Gasteiger partial charge in [0.15, 0.2) is 0 Å². The molecule has 4 heterocycles. The molecule has 39 heavy (non-hydrogen) atoms. The molecule has 6 rings (SSSR count). The molecule has 2 amide bonds. The molecule has 196 valence electrons. The summed E-state index contributed by atoms with van der Waals surface area (Å²) in [5, 5.41) is 3.02. The van der Waals surface area contributed by atoms with E-state index in [2.05, 4.69) is 20.3 Å². The minimum Gasteiger partial charge on any atom is -0.342 e. The Kier molecular flexibility index (Phi) is 6.40. The number of nitrogens with zero attached hydrogens (tertiary/aromatic N) is 5. The smallest absolute Gasteiger partial charge is 0.257 e. The molecular weight excluding hydrogens is 490 g/mol. The number of rotatable bonds is 5. The zero-order valence-electron chi connectivity index (χ0n) is 21.9. The van der Waals surface area contributed by atoms with E-state index in [1.807, 2.05) is 84.1 Å². The zero-order chi connectivity index (χ0) is 26.9. The number of fused-ring (bicyclic) bond motifs is 1. The maximum atomic E-state index is 13.3. The monoisotopic (exact) mass is 519 g/mol. The predicted molar refractivity (Wildman–Crippen MR) is 149 cm³/mol. The Labute approximate surface area is 225 Å². The van der Waals surface area contributed by atoms with Crippen molar-refractivity contribution in [1.82, 2.24) is 29.4 Å². The normalized spacial score (nSPS) is 14.1. The van der Waals surface area contributed by atoms with Crippen molar-refractivity contribution in [2.75, 3.05) is 18.4 Å². The molecule has 0 bridgehead atoms. The van der Waals surface area contributed by atoms with Gasteiger partial charge in [-0.25, -0.2) is 9.97 Å². The van der Waals surface area contributed by atoms with Gasteiger partial charge in [-0.15, -0.1) is 0 Å². The molecule has 1 aliphatic rings. The summed E-state index contributed by atoms with van der Waals surface area (Å²) in [6.07, 6.45) is 6.81. The van der Waals surface area contributed by atoms with Crippen LogP contribution in [-0.4, -0.2) is 54.3 Å². The van der Waals surface area contributed by atoms with Crippen LogP contribution in [0.25, 0.3) is 16.7 Å². The first-order valence-corrected chi connectivity index (χ1v) is 13.1. The maximum absolute atomic E-state index is 13.3. The topological polar surface area (TPSA) is 109 Å². The van der Waals surface area contributed by atoms with Crippen LogP contribution in [0.1, 0.15) is 56.7 Å². The van der Waals surface area contributed by atoms with Crippen molar-refractivity contribution in [2.24, 2.45) is 0 Å². The Morgan fingerprint density at radius 2 is 1.77 bits per heavy atom. The number of nitrogens with one attached hydrogen (secondary N) is 2. The Hall–Kier alpha value is -4.79. The number of anilines is 1. The summed E-state index contributed by atoms with van der Waals surface area (Å²) in [5.74, 6) is 0.745. The Bertz CT molecular complexity index is 1650. The summed E-state index contributed by atoms with van der Waals surface area (Å²) in [5.41, 5.74) is 6.28. The second-order valence-electron chi connectivity index (χ2n) is 9.98. The number of imidazole rings is 2. The van der Waals surface area contributed by atoms with Gasteiger partial charge in [0, 0.05) is 54.0 Å². The summed E-state index contributed by atoms with van der Waals surface area (Å²) in [6.45, 7) is 5.05. The van der Waals surface area contributed by atoms with Crippen molar-refractivity contribution < 1.29 is 9.59 Å². The number of piperidine rings is 1. The van der Waals surface area contributed by atoms with Crippen LogP contribution < -0.4 is 5.32 Å². The molecule has 0 radical (unpaired) electrons. The highest BCUT2D eigenvalue weighted by Crippen LogP contribution is 2.31. The third kappa shape index (κ3) is 5.03. The fraction of sp³-hybridized carbons (Fsp3) is 0.233. The largest absolute Gasteiger partial charge is 0.342 e. The minimum atomic E-state index is -0.186. The summed E-state index contributed by atoms with van der Waals surface area (Å²) < 4.78 is 1.90. The third-order valence-electron chi connectivity index (χ3n) is 7.25. The Morgan fingerprint density at radius 1 is 0.974 bits per heavy atom. The van der Waals surface area contributed by atoms with Crippen LogP contribution in [0.4, 0.5) is 5.69 Å². The Morgan fingerprint density at radius 3 is 2.51 bits per heavy atom. The van der Waals surface area contributed by atoms with Gasteiger partial charge >= 0.3 is 0 Å². The van der Waals surface area contributed by atoms with E-state index >= 15 is 0 Å². The molecular formula is C30H29N7O2. The van der Waals surface area contributed by atoms with E-state index in [9.17, 15) is 9.59 Å². The van der Waals surface area contributed by atoms with Gasteiger partial charge in [-0.3, -0.25) is 14.6 Å². The number of hydrogen-bond donors (Lipinski definition) is 2. The molecule has 0 atom stereocenters. The van der Waals surface area contributed by atoms with Crippen molar-refractivity contribution in [3.63, 3.8) is 0 Å². The van der Waals surface area contributed by atoms with Crippen LogP contribution in [0.5, 0.6) is 0 Å². The second kappa shape index (κ2) is 10.2. The molecule has 9 nitrogen and oxygen atoms in total. The number of hydrogen-bond acceptors (Lipinski definition) is 5. The molecule has 2 aromatic carbocycles. The molecule has 0 aliphatic carbocycles. The SMILES string of the molecule is Cc1ccc(C(=O)Nc2ccc(-n3ccnc3)cc2)c(C2CCN(C(=O)c3ccc4nc(C)[nH]c4c3)CC2)n1. The highest BCUT2D eigenvalue weighted by Gasteiger charge is 2.28.